The number of rotatable bonds is 9. The Bertz CT molecular complexity index is 972. The fourth-order valence-corrected chi connectivity index (χ4v) is 3.50. The second-order valence-electron chi connectivity index (χ2n) is 6.44. The molecule has 0 atom stereocenters. The first-order chi connectivity index (χ1) is 13.7. The molecular weight excluding hydrogens is 394 g/mol. The summed E-state index contributed by atoms with van der Waals surface area (Å²) in [7, 11) is -3.71. The molecule has 2 rings (SSSR count). The van der Waals surface area contributed by atoms with Crippen LogP contribution in [0, 0.1) is 13.8 Å². The molecule has 0 bridgehead atoms. The van der Waals surface area contributed by atoms with Gasteiger partial charge in [-0.1, -0.05) is 12.1 Å². The van der Waals surface area contributed by atoms with Gasteiger partial charge < -0.3 is 15.4 Å². The number of sulfonamides is 1. The normalized spacial score (nSPS) is 11.0. The molecule has 29 heavy (non-hydrogen) atoms. The number of ether oxygens (including phenoxy) is 1. The standard InChI is InChI=1S/C20H25N3O5S/c1-14-5-4-6-19(15(14)2)28-13-20(25)21-11-12-22-29(26,27)18-9-7-17(8-10-18)23-16(3)24/h4-10,22H,11-13H2,1-3H3,(H,21,25)(H,23,24). The van der Waals surface area contributed by atoms with Gasteiger partial charge in [0.25, 0.3) is 5.91 Å². The van der Waals surface area contributed by atoms with Gasteiger partial charge >= 0.3 is 0 Å². The Morgan fingerprint density at radius 1 is 1.00 bits per heavy atom. The molecule has 0 unspecified atom stereocenters. The van der Waals surface area contributed by atoms with Crippen LogP contribution in [0.15, 0.2) is 47.4 Å². The number of nitrogens with one attached hydrogen (secondary N) is 3. The highest BCUT2D eigenvalue weighted by atomic mass is 32.2. The molecule has 0 aromatic heterocycles. The first kappa shape index (κ1) is 22.4. The summed E-state index contributed by atoms with van der Waals surface area (Å²) in [4.78, 5) is 22.9. The van der Waals surface area contributed by atoms with Gasteiger partial charge in [0, 0.05) is 25.7 Å². The molecule has 0 aliphatic rings. The minimum Gasteiger partial charge on any atom is -0.483 e. The van der Waals surface area contributed by atoms with Crippen LogP contribution in [0.4, 0.5) is 5.69 Å². The van der Waals surface area contributed by atoms with E-state index in [1.54, 1.807) is 6.07 Å². The number of hydrogen-bond donors (Lipinski definition) is 3. The first-order valence-electron chi connectivity index (χ1n) is 9.02. The molecule has 9 heteroatoms. The molecule has 0 aliphatic carbocycles. The van der Waals surface area contributed by atoms with Crippen LogP contribution in [0.3, 0.4) is 0 Å². The summed E-state index contributed by atoms with van der Waals surface area (Å²) in [6.45, 7) is 5.25. The predicted molar refractivity (Wildman–Crippen MR) is 110 cm³/mol. The van der Waals surface area contributed by atoms with Gasteiger partial charge in [0.2, 0.25) is 15.9 Å². The zero-order chi connectivity index (χ0) is 21.4. The third kappa shape index (κ3) is 6.88. The largest absolute Gasteiger partial charge is 0.483 e. The summed E-state index contributed by atoms with van der Waals surface area (Å²) in [6, 6.07) is 11.4. The number of anilines is 1. The van der Waals surface area contributed by atoms with Crippen molar-refractivity contribution in [2.24, 2.45) is 0 Å². The SMILES string of the molecule is CC(=O)Nc1ccc(S(=O)(=O)NCCNC(=O)COc2cccc(C)c2C)cc1. The molecule has 0 radical (unpaired) electrons. The Labute approximate surface area is 170 Å². The van der Waals surface area contributed by atoms with Gasteiger partial charge in [-0.05, 0) is 55.3 Å². The Morgan fingerprint density at radius 2 is 1.69 bits per heavy atom. The summed E-state index contributed by atoms with van der Waals surface area (Å²) in [5, 5.41) is 5.17. The third-order valence-corrected chi connectivity index (χ3v) is 5.61. The lowest BCUT2D eigenvalue weighted by Gasteiger charge is -2.11. The van der Waals surface area contributed by atoms with Crippen molar-refractivity contribution in [1.82, 2.24) is 10.0 Å². The Hall–Kier alpha value is -2.91. The monoisotopic (exact) mass is 419 g/mol. The lowest BCUT2D eigenvalue weighted by Crippen LogP contribution is -2.36. The Kier molecular flexibility index (Phi) is 7.74. The third-order valence-electron chi connectivity index (χ3n) is 4.14. The maximum absolute atomic E-state index is 12.3. The number of carbonyl (C=O) groups excluding carboxylic acids is 2. The zero-order valence-corrected chi connectivity index (χ0v) is 17.4. The molecular formula is C20H25N3O5S. The number of benzene rings is 2. The zero-order valence-electron chi connectivity index (χ0n) is 16.6. The highest BCUT2D eigenvalue weighted by Crippen LogP contribution is 2.20. The lowest BCUT2D eigenvalue weighted by atomic mass is 10.1. The average molecular weight is 420 g/mol. The number of carbonyl (C=O) groups is 2. The fraction of sp³-hybridized carbons (Fsp3) is 0.300. The van der Waals surface area contributed by atoms with Crippen molar-refractivity contribution >= 4 is 27.5 Å². The Morgan fingerprint density at radius 3 is 2.34 bits per heavy atom. The van der Waals surface area contributed by atoms with Crippen molar-refractivity contribution < 1.29 is 22.7 Å². The van der Waals surface area contributed by atoms with E-state index < -0.39 is 10.0 Å². The number of hydrogen-bond acceptors (Lipinski definition) is 5. The molecule has 2 aromatic rings. The second-order valence-corrected chi connectivity index (χ2v) is 8.21. The van der Waals surface area contributed by atoms with Crippen molar-refractivity contribution in [2.75, 3.05) is 25.0 Å². The van der Waals surface area contributed by atoms with Crippen LogP contribution < -0.4 is 20.1 Å². The van der Waals surface area contributed by atoms with Crippen LogP contribution in [0.2, 0.25) is 0 Å². The van der Waals surface area contributed by atoms with E-state index >= 15 is 0 Å². The summed E-state index contributed by atoms with van der Waals surface area (Å²) in [5.41, 5.74) is 2.55. The molecule has 8 nitrogen and oxygen atoms in total. The highest BCUT2D eigenvalue weighted by Gasteiger charge is 2.13. The molecule has 0 saturated heterocycles. The minimum absolute atomic E-state index is 0.0327. The van der Waals surface area contributed by atoms with Gasteiger partial charge in [0.1, 0.15) is 5.75 Å². The first-order valence-corrected chi connectivity index (χ1v) is 10.5. The van der Waals surface area contributed by atoms with Crippen LogP contribution in [0.1, 0.15) is 18.1 Å². The number of amides is 2. The summed E-state index contributed by atoms with van der Waals surface area (Å²) >= 11 is 0. The molecule has 156 valence electrons. The van der Waals surface area contributed by atoms with Crippen LogP contribution in [-0.4, -0.2) is 39.9 Å². The smallest absolute Gasteiger partial charge is 0.257 e. The van der Waals surface area contributed by atoms with E-state index in [1.807, 2.05) is 26.0 Å². The number of aryl methyl sites for hydroxylation is 1. The topological polar surface area (TPSA) is 114 Å². The highest BCUT2D eigenvalue weighted by molar-refractivity contribution is 7.89. The maximum atomic E-state index is 12.3. The fourth-order valence-electron chi connectivity index (χ4n) is 2.47. The predicted octanol–water partition coefficient (Wildman–Crippen LogP) is 1.74. The van der Waals surface area contributed by atoms with Crippen LogP contribution in [0.25, 0.3) is 0 Å². The van der Waals surface area contributed by atoms with E-state index in [9.17, 15) is 18.0 Å². The van der Waals surface area contributed by atoms with Gasteiger partial charge in [-0.15, -0.1) is 0 Å². The summed E-state index contributed by atoms with van der Waals surface area (Å²) in [5.74, 6) is 0.0596. The van der Waals surface area contributed by atoms with Gasteiger partial charge in [0.15, 0.2) is 6.61 Å². The van der Waals surface area contributed by atoms with Crippen LogP contribution in [0.5, 0.6) is 5.75 Å². The average Bonchev–Trinajstić information content (AvgIpc) is 2.66. The van der Waals surface area contributed by atoms with Crippen molar-refractivity contribution in [2.45, 2.75) is 25.7 Å². The molecule has 3 N–H and O–H groups in total. The van der Waals surface area contributed by atoms with E-state index in [1.165, 1.54) is 31.2 Å². The summed E-state index contributed by atoms with van der Waals surface area (Å²) < 4.78 is 32.4. The van der Waals surface area contributed by atoms with E-state index in [0.29, 0.717) is 11.4 Å². The molecule has 2 aromatic carbocycles. The molecule has 0 saturated carbocycles. The van der Waals surface area contributed by atoms with E-state index in [2.05, 4.69) is 15.4 Å². The van der Waals surface area contributed by atoms with Gasteiger partial charge in [-0.3, -0.25) is 9.59 Å². The second kappa shape index (κ2) is 10.0. The van der Waals surface area contributed by atoms with E-state index in [0.717, 1.165) is 11.1 Å². The van der Waals surface area contributed by atoms with Gasteiger partial charge in [-0.2, -0.15) is 0 Å². The minimum atomic E-state index is -3.71. The Balaban J connectivity index is 1.76. The quantitative estimate of drug-likeness (QED) is 0.536. The van der Waals surface area contributed by atoms with Crippen molar-refractivity contribution in [3.05, 3.63) is 53.6 Å². The molecule has 0 fully saturated rings. The molecule has 0 aliphatic heterocycles. The van der Waals surface area contributed by atoms with E-state index in [-0.39, 0.29) is 36.4 Å². The van der Waals surface area contributed by atoms with Crippen LogP contribution in [-0.2, 0) is 19.6 Å². The summed E-state index contributed by atoms with van der Waals surface area (Å²) in [6.07, 6.45) is 0. The molecule has 2 amide bonds. The van der Waals surface area contributed by atoms with Crippen molar-refractivity contribution in [1.29, 1.82) is 0 Å². The van der Waals surface area contributed by atoms with Crippen molar-refractivity contribution in [3.63, 3.8) is 0 Å². The van der Waals surface area contributed by atoms with Crippen LogP contribution >= 0.6 is 0 Å². The molecule has 0 spiro atoms. The van der Waals surface area contributed by atoms with E-state index in [4.69, 9.17) is 4.74 Å². The molecule has 0 heterocycles. The van der Waals surface area contributed by atoms with Gasteiger partial charge in [-0.25, -0.2) is 13.1 Å². The lowest BCUT2D eigenvalue weighted by molar-refractivity contribution is -0.123. The van der Waals surface area contributed by atoms with Crippen molar-refractivity contribution in [3.8, 4) is 5.75 Å². The van der Waals surface area contributed by atoms with Gasteiger partial charge in [0.05, 0.1) is 4.90 Å². The maximum Gasteiger partial charge on any atom is 0.257 e.